The molecule has 3 rings (SSSR count). The van der Waals surface area contributed by atoms with Crippen molar-refractivity contribution in [3.63, 3.8) is 0 Å². The molecule has 22 heavy (non-hydrogen) atoms. The average molecular weight is 304 g/mol. The van der Waals surface area contributed by atoms with Gasteiger partial charge in [-0.3, -0.25) is 0 Å². The molecule has 0 aliphatic carbocycles. The van der Waals surface area contributed by atoms with Gasteiger partial charge >= 0.3 is 0 Å². The van der Waals surface area contributed by atoms with Gasteiger partial charge < -0.3 is 0 Å². The Kier molecular flexibility index (Phi) is 5.03. The summed E-state index contributed by atoms with van der Waals surface area (Å²) < 4.78 is 0. The maximum atomic E-state index is 2.89. The predicted molar refractivity (Wildman–Crippen MR) is 98.8 cm³/mol. The Morgan fingerprint density at radius 3 is 1.55 bits per heavy atom. The van der Waals surface area contributed by atoms with Gasteiger partial charge in [0.2, 0.25) is 0 Å². The second kappa shape index (κ2) is 7.38. The van der Waals surface area contributed by atoms with E-state index in [1.807, 2.05) is 0 Å². The van der Waals surface area contributed by atoms with Crippen molar-refractivity contribution in [2.24, 2.45) is 0 Å². The molecular weight excluding hydrogens is 283 g/mol. The molecule has 0 nitrogen and oxygen atoms in total. The lowest BCUT2D eigenvalue weighted by Crippen LogP contribution is -2.13. The van der Waals surface area contributed by atoms with Gasteiger partial charge in [0.25, 0.3) is 0 Å². The fourth-order valence-electron chi connectivity index (χ4n) is 2.97. The first-order valence-corrected chi connectivity index (χ1v) is 8.33. The second-order valence-electron chi connectivity index (χ2n) is 5.71. The highest BCUT2D eigenvalue weighted by atomic mass is 31.0. The maximum absolute atomic E-state index is 2.89. The van der Waals surface area contributed by atoms with Crippen LogP contribution >= 0.6 is 9.24 Å². The molecule has 0 saturated carbocycles. The third-order valence-electron chi connectivity index (χ3n) is 4.09. The Balaban J connectivity index is 1.90. The van der Waals surface area contributed by atoms with E-state index in [1.165, 1.54) is 22.0 Å². The molecule has 0 radical (unpaired) electrons. The van der Waals surface area contributed by atoms with E-state index in [2.05, 4.69) is 94.2 Å². The van der Waals surface area contributed by atoms with E-state index in [0.717, 1.165) is 12.8 Å². The lowest BCUT2D eigenvalue weighted by molar-refractivity contribution is 0.684. The number of hydrogen-bond acceptors (Lipinski definition) is 0. The summed E-state index contributed by atoms with van der Waals surface area (Å²) in [5.41, 5.74) is 4.23. The van der Waals surface area contributed by atoms with Crippen LogP contribution in [0.1, 0.15) is 22.6 Å². The van der Waals surface area contributed by atoms with Crippen LogP contribution in [0, 0.1) is 0 Å². The second-order valence-corrected chi connectivity index (χ2v) is 6.33. The molecule has 1 atom stereocenters. The van der Waals surface area contributed by atoms with Crippen LogP contribution in [0.3, 0.4) is 0 Å². The molecule has 110 valence electrons. The third-order valence-corrected chi connectivity index (χ3v) is 4.61. The quantitative estimate of drug-likeness (QED) is 0.596. The van der Waals surface area contributed by atoms with E-state index < -0.39 is 0 Å². The van der Waals surface area contributed by atoms with Gasteiger partial charge in [0, 0.05) is 0 Å². The van der Waals surface area contributed by atoms with Gasteiger partial charge in [-0.2, -0.15) is 0 Å². The fourth-order valence-corrected chi connectivity index (χ4v) is 3.42. The number of rotatable bonds is 5. The van der Waals surface area contributed by atoms with E-state index in [0.29, 0.717) is 5.92 Å². The van der Waals surface area contributed by atoms with Crippen LogP contribution in [-0.4, -0.2) is 0 Å². The molecule has 0 aromatic heterocycles. The highest BCUT2D eigenvalue weighted by Gasteiger charge is 2.15. The summed E-state index contributed by atoms with van der Waals surface area (Å²) in [5.74, 6) is 0.499. The Bertz CT molecular complexity index is 663. The summed E-state index contributed by atoms with van der Waals surface area (Å²) in [4.78, 5) is 0. The van der Waals surface area contributed by atoms with E-state index in [4.69, 9.17) is 0 Å². The Morgan fingerprint density at radius 1 is 0.591 bits per heavy atom. The fraction of sp³-hybridized carbons (Fsp3) is 0.143. The van der Waals surface area contributed by atoms with Crippen LogP contribution in [0.15, 0.2) is 84.9 Å². The van der Waals surface area contributed by atoms with Crippen LogP contribution in [0.25, 0.3) is 0 Å². The minimum Gasteiger partial charge on any atom is -0.105 e. The van der Waals surface area contributed by atoms with Crippen molar-refractivity contribution in [3.8, 4) is 0 Å². The maximum Gasteiger partial charge on any atom is -0.00749 e. The number of benzene rings is 3. The van der Waals surface area contributed by atoms with Gasteiger partial charge in [0.15, 0.2) is 0 Å². The first kappa shape index (κ1) is 15.0. The largest absolute Gasteiger partial charge is 0.105 e. The van der Waals surface area contributed by atoms with Crippen molar-refractivity contribution < 1.29 is 0 Å². The summed E-state index contributed by atoms with van der Waals surface area (Å²) in [6.45, 7) is 0. The summed E-state index contributed by atoms with van der Waals surface area (Å²) in [7, 11) is 2.89. The van der Waals surface area contributed by atoms with E-state index in [-0.39, 0.29) is 0 Å². The van der Waals surface area contributed by atoms with Crippen molar-refractivity contribution >= 4 is 14.5 Å². The molecule has 1 heteroatoms. The molecule has 0 N–H and O–H groups in total. The van der Waals surface area contributed by atoms with Crippen LogP contribution in [0.4, 0.5) is 0 Å². The van der Waals surface area contributed by atoms with Crippen molar-refractivity contribution in [1.82, 2.24) is 0 Å². The monoisotopic (exact) mass is 304 g/mol. The summed E-state index contributed by atoms with van der Waals surface area (Å²) in [6.07, 6.45) is 2.14. The topological polar surface area (TPSA) is 0 Å². The number of hydrogen-bond donors (Lipinski definition) is 0. The van der Waals surface area contributed by atoms with E-state index in [9.17, 15) is 0 Å². The third kappa shape index (κ3) is 3.84. The van der Waals surface area contributed by atoms with Gasteiger partial charge in [-0.1, -0.05) is 84.9 Å². The van der Waals surface area contributed by atoms with Crippen molar-refractivity contribution in [1.29, 1.82) is 0 Å². The minimum atomic E-state index is 0.499. The van der Waals surface area contributed by atoms with Gasteiger partial charge in [-0.05, 0) is 40.8 Å². The SMILES string of the molecule is Pc1ccccc1C(Cc1ccccc1)Cc1ccccc1. The summed E-state index contributed by atoms with van der Waals surface area (Å²) in [5, 5.41) is 1.30. The molecule has 0 saturated heterocycles. The molecule has 0 spiro atoms. The van der Waals surface area contributed by atoms with Crippen LogP contribution < -0.4 is 5.30 Å². The zero-order chi connectivity index (χ0) is 15.2. The highest BCUT2D eigenvalue weighted by Crippen LogP contribution is 2.25. The molecule has 0 fully saturated rings. The van der Waals surface area contributed by atoms with Gasteiger partial charge in [-0.15, -0.1) is 9.24 Å². The lowest BCUT2D eigenvalue weighted by Gasteiger charge is -2.20. The van der Waals surface area contributed by atoms with Crippen molar-refractivity contribution in [2.45, 2.75) is 18.8 Å². The van der Waals surface area contributed by atoms with Crippen molar-refractivity contribution in [3.05, 3.63) is 102 Å². The van der Waals surface area contributed by atoms with Crippen LogP contribution in [0.5, 0.6) is 0 Å². The first-order chi connectivity index (χ1) is 10.8. The Hall–Kier alpha value is -1.91. The van der Waals surface area contributed by atoms with E-state index in [1.54, 1.807) is 0 Å². The van der Waals surface area contributed by atoms with Gasteiger partial charge in [-0.25, -0.2) is 0 Å². The van der Waals surface area contributed by atoms with Gasteiger partial charge in [0.05, 0.1) is 0 Å². The van der Waals surface area contributed by atoms with Gasteiger partial charge in [0.1, 0.15) is 0 Å². The zero-order valence-corrected chi connectivity index (χ0v) is 13.8. The average Bonchev–Trinajstić information content (AvgIpc) is 2.57. The first-order valence-electron chi connectivity index (χ1n) is 7.75. The molecule has 3 aromatic rings. The molecular formula is C21H21P. The zero-order valence-electron chi connectivity index (χ0n) is 12.7. The molecule has 0 aliphatic heterocycles. The molecule has 1 unspecified atom stereocenters. The Labute approximate surface area is 135 Å². The van der Waals surface area contributed by atoms with Crippen LogP contribution in [0.2, 0.25) is 0 Å². The molecule has 0 amide bonds. The summed E-state index contributed by atoms with van der Waals surface area (Å²) in [6, 6.07) is 30.3. The molecule has 0 bridgehead atoms. The highest BCUT2D eigenvalue weighted by molar-refractivity contribution is 7.27. The smallest absolute Gasteiger partial charge is 0.00749 e. The standard InChI is InChI=1S/C21H21P/c22-21-14-8-7-13-20(21)19(15-17-9-3-1-4-10-17)16-18-11-5-2-6-12-18/h1-14,19H,15-16,22H2. The van der Waals surface area contributed by atoms with E-state index >= 15 is 0 Å². The van der Waals surface area contributed by atoms with Crippen LogP contribution in [-0.2, 0) is 12.8 Å². The Morgan fingerprint density at radius 2 is 1.05 bits per heavy atom. The lowest BCUT2D eigenvalue weighted by atomic mass is 9.86. The van der Waals surface area contributed by atoms with Crippen molar-refractivity contribution in [2.75, 3.05) is 0 Å². The normalized spacial score (nSPS) is 10.8. The molecule has 3 aromatic carbocycles. The molecule has 0 heterocycles. The summed E-state index contributed by atoms with van der Waals surface area (Å²) >= 11 is 0. The predicted octanol–water partition coefficient (Wildman–Crippen LogP) is 4.76. The molecule has 0 aliphatic rings. The minimum absolute atomic E-state index is 0.499.